The Bertz CT molecular complexity index is 1060. The zero-order valence-corrected chi connectivity index (χ0v) is 17.2. The van der Waals surface area contributed by atoms with Crippen LogP contribution in [-0.2, 0) is 6.18 Å². The number of rotatable bonds is 4. The molecular weight excluding hydrogens is 411 g/mol. The molecule has 8 heteroatoms. The van der Waals surface area contributed by atoms with Crippen molar-refractivity contribution in [1.29, 1.82) is 0 Å². The number of hydrogen-bond acceptors (Lipinski definition) is 4. The molecule has 30 heavy (non-hydrogen) atoms. The smallest absolute Gasteiger partial charge is 0.382 e. The maximum absolute atomic E-state index is 13.3. The summed E-state index contributed by atoms with van der Waals surface area (Å²) >= 11 is 1.43. The molecule has 0 atom stereocenters. The predicted molar refractivity (Wildman–Crippen MR) is 113 cm³/mol. The molecule has 0 bridgehead atoms. The van der Waals surface area contributed by atoms with E-state index in [0.29, 0.717) is 16.6 Å². The molecule has 0 radical (unpaired) electrons. The molecular formula is C22H22F3N3OS. The Kier molecular flexibility index (Phi) is 5.69. The van der Waals surface area contributed by atoms with Gasteiger partial charge in [-0.05, 0) is 61.7 Å². The van der Waals surface area contributed by atoms with Crippen LogP contribution in [0, 0.1) is 6.92 Å². The van der Waals surface area contributed by atoms with Gasteiger partial charge in [0.15, 0.2) is 0 Å². The summed E-state index contributed by atoms with van der Waals surface area (Å²) in [5, 5.41) is 8.96. The highest BCUT2D eigenvalue weighted by Gasteiger charge is 2.34. The van der Waals surface area contributed by atoms with Crippen molar-refractivity contribution < 1.29 is 18.0 Å². The lowest BCUT2D eigenvalue weighted by molar-refractivity contribution is -0.140. The van der Waals surface area contributed by atoms with Crippen LogP contribution in [0.3, 0.4) is 0 Å². The number of benzene rings is 1. The first-order valence-electron chi connectivity index (χ1n) is 9.90. The quantitative estimate of drug-likeness (QED) is 0.549. The van der Waals surface area contributed by atoms with Crippen molar-refractivity contribution in [3.8, 4) is 0 Å². The molecule has 0 unspecified atom stereocenters. The molecule has 2 N–H and O–H groups in total. The molecule has 1 fully saturated rings. The van der Waals surface area contributed by atoms with E-state index in [-0.39, 0.29) is 18.0 Å². The van der Waals surface area contributed by atoms with Crippen LogP contribution in [0.25, 0.3) is 10.9 Å². The number of carbonyl (C=O) groups is 1. The summed E-state index contributed by atoms with van der Waals surface area (Å²) in [5.41, 5.74) is 0.852. The van der Waals surface area contributed by atoms with Crippen molar-refractivity contribution >= 4 is 33.8 Å². The molecule has 4 rings (SSSR count). The lowest BCUT2D eigenvalue weighted by Crippen LogP contribution is -2.40. The largest absolute Gasteiger partial charge is 0.433 e. The average Bonchev–Trinajstić information content (AvgIpc) is 3.15. The van der Waals surface area contributed by atoms with E-state index in [0.717, 1.165) is 42.2 Å². The Morgan fingerprint density at radius 3 is 2.47 bits per heavy atom. The van der Waals surface area contributed by atoms with Gasteiger partial charge < -0.3 is 10.6 Å². The van der Waals surface area contributed by atoms with Gasteiger partial charge in [-0.25, -0.2) is 4.98 Å². The minimum atomic E-state index is -4.50. The SMILES string of the molecule is Cc1ccsc1C(=O)N[C@H]1CC[C@@H](Nc2cc(C(F)(F)F)nc3ccccc23)CC1. The topological polar surface area (TPSA) is 54.0 Å². The summed E-state index contributed by atoms with van der Waals surface area (Å²) in [6.07, 6.45) is -1.40. The van der Waals surface area contributed by atoms with E-state index in [1.807, 2.05) is 18.4 Å². The summed E-state index contributed by atoms with van der Waals surface area (Å²) in [6.45, 7) is 1.92. The highest BCUT2D eigenvalue weighted by molar-refractivity contribution is 7.12. The Hall–Kier alpha value is -2.61. The van der Waals surface area contributed by atoms with Gasteiger partial charge in [-0.2, -0.15) is 13.2 Å². The molecule has 1 aliphatic rings. The molecule has 1 aromatic carbocycles. The van der Waals surface area contributed by atoms with Crippen LogP contribution in [0.5, 0.6) is 0 Å². The molecule has 158 valence electrons. The normalized spacial score (nSPS) is 19.6. The summed E-state index contributed by atoms with van der Waals surface area (Å²) in [5.74, 6) is -0.0474. The van der Waals surface area contributed by atoms with Crippen LogP contribution in [0.1, 0.15) is 46.6 Å². The van der Waals surface area contributed by atoms with E-state index >= 15 is 0 Å². The van der Waals surface area contributed by atoms with Crippen molar-refractivity contribution in [3.63, 3.8) is 0 Å². The average molecular weight is 433 g/mol. The highest BCUT2D eigenvalue weighted by atomic mass is 32.1. The van der Waals surface area contributed by atoms with Crippen LogP contribution in [0.4, 0.5) is 18.9 Å². The van der Waals surface area contributed by atoms with Gasteiger partial charge in [0, 0.05) is 23.2 Å². The maximum Gasteiger partial charge on any atom is 0.433 e. The third kappa shape index (κ3) is 4.43. The fourth-order valence-corrected chi connectivity index (χ4v) is 4.73. The third-order valence-electron chi connectivity index (χ3n) is 5.50. The maximum atomic E-state index is 13.3. The second kappa shape index (κ2) is 8.26. The van der Waals surface area contributed by atoms with Gasteiger partial charge in [-0.1, -0.05) is 18.2 Å². The number of carbonyl (C=O) groups excluding carboxylic acids is 1. The lowest BCUT2D eigenvalue weighted by atomic mass is 9.90. The number of aryl methyl sites for hydroxylation is 1. The Labute approximate surface area is 176 Å². The number of fused-ring (bicyclic) bond motifs is 1. The third-order valence-corrected chi connectivity index (χ3v) is 6.51. The van der Waals surface area contributed by atoms with E-state index < -0.39 is 11.9 Å². The van der Waals surface area contributed by atoms with Crippen LogP contribution in [0.15, 0.2) is 41.8 Å². The molecule has 4 nitrogen and oxygen atoms in total. The number of para-hydroxylation sites is 1. The molecule has 0 spiro atoms. The van der Waals surface area contributed by atoms with Gasteiger partial charge in [0.2, 0.25) is 0 Å². The monoisotopic (exact) mass is 433 g/mol. The summed E-state index contributed by atoms with van der Waals surface area (Å²) in [4.78, 5) is 16.9. The first-order chi connectivity index (χ1) is 14.3. The fraction of sp³-hybridized carbons (Fsp3) is 0.364. The number of anilines is 1. The molecule has 0 saturated heterocycles. The van der Waals surface area contributed by atoms with E-state index in [1.54, 1.807) is 24.3 Å². The van der Waals surface area contributed by atoms with Crippen LogP contribution in [0.2, 0.25) is 0 Å². The summed E-state index contributed by atoms with van der Waals surface area (Å²) in [7, 11) is 0. The second-order valence-corrected chi connectivity index (χ2v) is 8.59. The van der Waals surface area contributed by atoms with Gasteiger partial charge in [0.25, 0.3) is 5.91 Å². The van der Waals surface area contributed by atoms with Crippen molar-refractivity contribution in [1.82, 2.24) is 10.3 Å². The summed E-state index contributed by atoms with van der Waals surface area (Å²) in [6, 6.07) is 9.99. The van der Waals surface area contributed by atoms with E-state index in [9.17, 15) is 18.0 Å². The second-order valence-electron chi connectivity index (χ2n) is 7.67. The Balaban J connectivity index is 1.43. The highest BCUT2D eigenvalue weighted by Crippen LogP contribution is 2.34. The summed E-state index contributed by atoms with van der Waals surface area (Å²) < 4.78 is 39.8. The Morgan fingerprint density at radius 1 is 1.10 bits per heavy atom. The van der Waals surface area contributed by atoms with Gasteiger partial charge >= 0.3 is 6.18 Å². The first kappa shape index (κ1) is 20.7. The van der Waals surface area contributed by atoms with Crippen molar-refractivity contribution in [2.45, 2.75) is 50.9 Å². The van der Waals surface area contributed by atoms with Crippen molar-refractivity contribution in [2.75, 3.05) is 5.32 Å². The molecule has 2 heterocycles. The standard InChI is InChI=1S/C22H22F3N3OS/c1-13-10-11-30-20(13)21(29)27-15-8-6-14(7-9-15)26-18-12-19(22(23,24)25)28-17-5-3-2-4-16(17)18/h2-5,10-12,14-15H,6-9H2,1H3,(H,26,28)(H,27,29)/t14-,15+. The van der Waals surface area contributed by atoms with Crippen molar-refractivity contribution in [3.05, 3.63) is 57.9 Å². The lowest BCUT2D eigenvalue weighted by Gasteiger charge is -2.30. The van der Waals surface area contributed by atoms with Crippen LogP contribution in [-0.4, -0.2) is 23.0 Å². The zero-order valence-electron chi connectivity index (χ0n) is 16.4. The van der Waals surface area contributed by atoms with Gasteiger partial charge in [-0.3, -0.25) is 4.79 Å². The van der Waals surface area contributed by atoms with E-state index in [1.165, 1.54) is 11.3 Å². The van der Waals surface area contributed by atoms with Gasteiger partial charge in [-0.15, -0.1) is 11.3 Å². The molecule has 1 amide bonds. The molecule has 3 aromatic rings. The van der Waals surface area contributed by atoms with Crippen LogP contribution >= 0.6 is 11.3 Å². The van der Waals surface area contributed by atoms with Crippen molar-refractivity contribution in [2.24, 2.45) is 0 Å². The number of thiophene rings is 1. The van der Waals surface area contributed by atoms with E-state index in [2.05, 4.69) is 15.6 Å². The fourth-order valence-electron chi connectivity index (χ4n) is 3.90. The zero-order chi connectivity index (χ0) is 21.3. The number of pyridine rings is 1. The van der Waals surface area contributed by atoms with E-state index in [4.69, 9.17) is 0 Å². The molecule has 0 aliphatic heterocycles. The minimum absolute atomic E-state index is 0.0474. The van der Waals surface area contributed by atoms with Gasteiger partial charge in [0.1, 0.15) is 5.69 Å². The Morgan fingerprint density at radius 2 is 1.80 bits per heavy atom. The van der Waals surface area contributed by atoms with Gasteiger partial charge in [0.05, 0.1) is 10.4 Å². The molecule has 2 aromatic heterocycles. The number of hydrogen-bond donors (Lipinski definition) is 2. The number of aromatic nitrogens is 1. The molecule has 1 saturated carbocycles. The van der Waals surface area contributed by atoms with Crippen LogP contribution < -0.4 is 10.6 Å². The number of nitrogens with zero attached hydrogens (tertiary/aromatic N) is 1. The number of halogens is 3. The number of amides is 1. The molecule has 1 aliphatic carbocycles. The number of alkyl halides is 3. The minimum Gasteiger partial charge on any atom is -0.382 e. The predicted octanol–water partition coefficient (Wildman–Crippen LogP) is 5.78. The number of nitrogens with one attached hydrogen (secondary N) is 2. The first-order valence-corrected chi connectivity index (χ1v) is 10.8.